The molecule has 2 rings (SSSR count). The van der Waals surface area contributed by atoms with Gasteiger partial charge in [-0.15, -0.1) is 0 Å². The van der Waals surface area contributed by atoms with Gasteiger partial charge in [-0.1, -0.05) is 18.2 Å². The lowest BCUT2D eigenvalue weighted by Crippen LogP contribution is -2.23. The topological polar surface area (TPSA) is 38.5 Å². The Labute approximate surface area is 108 Å². The van der Waals surface area contributed by atoms with Gasteiger partial charge in [-0.25, -0.2) is 0 Å². The van der Waals surface area contributed by atoms with Gasteiger partial charge in [0.25, 0.3) is 0 Å². The normalized spacial score (nSPS) is 10.1. The summed E-state index contributed by atoms with van der Waals surface area (Å²) in [5.74, 6) is 0.906. The van der Waals surface area contributed by atoms with Gasteiger partial charge in [0.1, 0.15) is 12.4 Å². The molecule has 0 radical (unpaired) electrons. The number of rotatable bonds is 5. The molecule has 0 aliphatic carbocycles. The molecule has 2 aromatic carbocycles. The van der Waals surface area contributed by atoms with E-state index < -0.39 is 0 Å². The van der Waals surface area contributed by atoms with Gasteiger partial charge in [-0.2, -0.15) is 0 Å². The van der Waals surface area contributed by atoms with Crippen LogP contribution in [0.3, 0.4) is 0 Å². The van der Waals surface area contributed by atoms with Crippen molar-refractivity contribution in [3.63, 3.8) is 0 Å². The number of likely N-dealkylation sites (N-methyl/N-ethyl adjacent to an activating group) is 1. The van der Waals surface area contributed by atoms with E-state index in [4.69, 9.17) is 10.5 Å². The van der Waals surface area contributed by atoms with Gasteiger partial charge < -0.3 is 15.4 Å². The highest BCUT2D eigenvalue weighted by molar-refractivity contribution is 5.52. The van der Waals surface area contributed by atoms with E-state index in [-0.39, 0.29) is 0 Å². The molecule has 3 heteroatoms. The molecule has 3 nitrogen and oxygen atoms in total. The van der Waals surface area contributed by atoms with Crippen molar-refractivity contribution in [2.75, 3.05) is 30.8 Å². The van der Waals surface area contributed by atoms with Crippen LogP contribution in [0.2, 0.25) is 0 Å². The van der Waals surface area contributed by atoms with Crippen LogP contribution in [0.1, 0.15) is 0 Å². The van der Waals surface area contributed by atoms with Crippen LogP contribution in [0.15, 0.2) is 54.6 Å². The molecule has 0 heterocycles. The lowest BCUT2D eigenvalue weighted by molar-refractivity contribution is 0.326. The standard InChI is InChI=1S/C15H18N2O/c1-17(14-9-7-13(16)8-10-14)11-12-18-15-5-3-2-4-6-15/h2-10H,11-12,16H2,1H3. The van der Waals surface area contributed by atoms with Gasteiger partial charge in [0.2, 0.25) is 0 Å². The van der Waals surface area contributed by atoms with E-state index in [1.54, 1.807) is 0 Å². The largest absolute Gasteiger partial charge is 0.492 e. The first-order valence-electron chi connectivity index (χ1n) is 6.00. The van der Waals surface area contributed by atoms with E-state index in [1.807, 2.05) is 61.6 Å². The summed E-state index contributed by atoms with van der Waals surface area (Å²) in [6, 6.07) is 17.7. The molecule has 0 bridgehead atoms. The smallest absolute Gasteiger partial charge is 0.119 e. The minimum atomic E-state index is 0.658. The number of nitrogens with zero attached hydrogens (tertiary/aromatic N) is 1. The maximum absolute atomic E-state index is 5.66. The molecule has 0 saturated heterocycles. The fourth-order valence-corrected chi connectivity index (χ4v) is 1.68. The Hall–Kier alpha value is -2.16. The highest BCUT2D eigenvalue weighted by Gasteiger charge is 2.00. The number of hydrogen-bond donors (Lipinski definition) is 1. The van der Waals surface area contributed by atoms with Crippen LogP contribution < -0.4 is 15.4 Å². The van der Waals surface area contributed by atoms with Crippen molar-refractivity contribution in [2.45, 2.75) is 0 Å². The van der Waals surface area contributed by atoms with Crippen molar-refractivity contribution in [3.8, 4) is 5.75 Å². The van der Waals surface area contributed by atoms with Gasteiger partial charge in [0.15, 0.2) is 0 Å². The second kappa shape index (κ2) is 5.96. The number of benzene rings is 2. The molecule has 0 aliphatic rings. The van der Waals surface area contributed by atoms with Crippen molar-refractivity contribution < 1.29 is 4.74 Å². The van der Waals surface area contributed by atoms with E-state index >= 15 is 0 Å². The summed E-state index contributed by atoms with van der Waals surface area (Å²) >= 11 is 0. The van der Waals surface area contributed by atoms with Crippen LogP contribution in [-0.2, 0) is 0 Å². The second-order valence-corrected chi connectivity index (χ2v) is 4.17. The fourth-order valence-electron chi connectivity index (χ4n) is 1.68. The lowest BCUT2D eigenvalue weighted by atomic mass is 10.2. The van der Waals surface area contributed by atoms with Crippen LogP contribution >= 0.6 is 0 Å². The molecule has 0 atom stereocenters. The zero-order valence-electron chi connectivity index (χ0n) is 10.5. The maximum atomic E-state index is 5.66. The molecule has 94 valence electrons. The molecule has 18 heavy (non-hydrogen) atoms. The third-order valence-electron chi connectivity index (χ3n) is 2.77. The average Bonchev–Trinajstić information content (AvgIpc) is 2.40. The number of hydrogen-bond acceptors (Lipinski definition) is 3. The SMILES string of the molecule is CN(CCOc1ccccc1)c1ccc(N)cc1. The average molecular weight is 242 g/mol. The van der Waals surface area contributed by atoms with E-state index in [0.29, 0.717) is 6.61 Å². The van der Waals surface area contributed by atoms with Crippen molar-refractivity contribution in [1.82, 2.24) is 0 Å². The number of ether oxygens (including phenoxy) is 1. The van der Waals surface area contributed by atoms with Gasteiger partial charge >= 0.3 is 0 Å². The van der Waals surface area contributed by atoms with Gasteiger partial charge in [-0.05, 0) is 36.4 Å². The van der Waals surface area contributed by atoms with Crippen LogP contribution in [0.4, 0.5) is 11.4 Å². The van der Waals surface area contributed by atoms with E-state index in [9.17, 15) is 0 Å². The summed E-state index contributed by atoms with van der Waals surface area (Å²) in [5, 5.41) is 0. The Morgan fingerprint density at radius 1 is 1.00 bits per heavy atom. The molecule has 0 spiro atoms. The zero-order chi connectivity index (χ0) is 12.8. The Kier molecular flexibility index (Phi) is 4.07. The minimum Gasteiger partial charge on any atom is -0.492 e. The molecular weight excluding hydrogens is 224 g/mol. The number of anilines is 2. The van der Waals surface area contributed by atoms with E-state index in [0.717, 1.165) is 23.7 Å². The molecule has 2 aromatic rings. The first kappa shape index (κ1) is 12.3. The zero-order valence-corrected chi connectivity index (χ0v) is 10.5. The quantitative estimate of drug-likeness (QED) is 0.819. The Balaban J connectivity index is 1.81. The summed E-state index contributed by atoms with van der Waals surface area (Å²) in [6.45, 7) is 1.49. The summed E-state index contributed by atoms with van der Waals surface area (Å²) in [7, 11) is 2.04. The summed E-state index contributed by atoms with van der Waals surface area (Å²) in [4.78, 5) is 2.14. The fraction of sp³-hybridized carbons (Fsp3) is 0.200. The van der Waals surface area contributed by atoms with Crippen molar-refractivity contribution >= 4 is 11.4 Å². The number of nitrogens with two attached hydrogens (primary N) is 1. The first-order chi connectivity index (χ1) is 8.75. The van der Waals surface area contributed by atoms with Crippen LogP contribution in [0.25, 0.3) is 0 Å². The Bertz CT molecular complexity index is 468. The van der Waals surface area contributed by atoms with Gasteiger partial charge in [0, 0.05) is 18.4 Å². The molecule has 0 saturated carbocycles. The summed E-state index contributed by atoms with van der Waals surface area (Å²) in [5.41, 5.74) is 7.58. The first-order valence-corrected chi connectivity index (χ1v) is 6.00. The minimum absolute atomic E-state index is 0.658. The molecule has 0 unspecified atom stereocenters. The molecule has 0 amide bonds. The highest BCUT2D eigenvalue weighted by atomic mass is 16.5. The van der Waals surface area contributed by atoms with E-state index in [2.05, 4.69) is 4.90 Å². The predicted molar refractivity (Wildman–Crippen MR) is 76.1 cm³/mol. The Morgan fingerprint density at radius 2 is 1.67 bits per heavy atom. The number of nitrogen functional groups attached to an aromatic ring is 1. The monoisotopic (exact) mass is 242 g/mol. The molecule has 0 aliphatic heterocycles. The second-order valence-electron chi connectivity index (χ2n) is 4.17. The van der Waals surface area contributed by atoms with Gasteiger partial charge in [-0.3, -0.25) is 0 Å². The molecule has 0 fully saturated rings. The van der Waals surface area contributed by atoms with Crippen molar-refractivity contribution in [3.05, 3.63) is 54.6 Å². The maximum Gasteiger partial charge on any atom is 0.119 e. The molecular formula is C15H18N2O. The predicted octanol–water partition coefficient (Wildman–Crippen LogP) is 2.78. The third kappa shape index (κ3) is 3.42. The lowest BCUT2D eigenvalue weighted by Gasteiger charge is -2.19. The summed E-state index contributed by atoms with van der Waals surface area (Å²) in [6.07, 6.45) is 0. The van der Waals surface area contributed by atoms with Crippen molar-refractivity contribution in [1.29, 1.82) is 0 Å². The van der Waals surface area contributed by atoms with E-state index in [1.165, 1.54) is 0 Å². The van der Waals surface area contributed by atoms with Crippen LogP contribution in [0.5, 0.6) is 5.75 Å². The highest BCUT2D eigenvalue weighted by Crippen LogP contribution is 2.14. The Morgan fingerprint density at radius 3 is 2.33 bits per heavy atom. The van der Waals surface area contributed by atoms with Crippen LogP contribution in [-0.4, -0.2) is 20.2 Å². The van der Waals surface area contributed by atoms with Crippen molar-refractivity contribution in [2.24, 2.45) is 0 Å². The van der Waals surface area contributed by atoms with Gasteiger partial charge in [0.05, 0.1) is 6.54 Å². The van der Waals surface area contributed by atoms with Crippen LogP contribution in [0, 0.1) is 0 Å². The molecule has 2 N–H and O–H groups in total. The summed E-state index contributed by atoms with van der Waals surface area (Å²) < 4.78 is 5.66. The number of para-hydroxylation sites is 1. The third-order valence-corrected chi connectivity index (χ3v) is 2.77. The molecule has 0 aromatic heterocycles.